The van der Waals surface area contributed by atoms with E-state index in [0.29, 0.717) is 28.6 Å². The van der Waals surface area contributed by atoms with Gasteiger partial charge in [0.1, 0.15) is 5.75 Å². The Hall–Kier alpha value is -1.29. The molecule has 1 aromatic heterocycles. The topological polar surface area (TPSA) is 46.5 Å². The molecular weight excluding hydrogens is 272 g/mol. The van der Waals surface area contributed by atoms with Crippen LogP contribution in [0.15, 0.2) is 23.1 Å². The van der Waals surface area contributed by atoms with Gasteiger partial charge in [-0.1, -0.05) is 25.5 Å². The molecule has 1 saturated carbocycles. The molecule has 3 nitrogen and oxygen atoms in total. The van der Waals surface area contributed by atoms with Crippen LogP contribution in [0.2, 0.25) is 0 Å². The molecule has 1 heterocycles. The number of ether oxygens (including phenoxy) is 1. The van der Waals surface area contributed by atoms with E-state index < -0.39 is 5.97 Å². The van der Waals surface area contributed by atoms with Crippen LogP contribution in [0.25, 0.3) is 0 Å². The molecule has 1 aromatic rings. The molecular formula is C16H20O3S. The van der Waals surface area contributed by atoms with Crippen LogP contribution in [0.3, 0.4) is 0 Å². The van der Waals surface area contributed by atoms with Crippen molar-refractivity contribution in [3.8, 4) is 5.75 Å². The predicted octanol–water partition coefficient (Wildman–Crippen LogP) is 4.21. The standard InChI is InChI=1S/C16H20O3S/c1-16(2)11-4-3-10(12(16)9-11)5-7-19-13-6-8-20-14(13)15(17)18/h3,6,8,11-12H,4-5,7,9H2,1-2H3,(H,17,18). The number of aromatic carboxylic acids is 1. The molecule has 2 atom stereocenters. The Morgan fingerprint density at radius 2 is 2.35 bits per heavy atom. The Morgan fingerprint density at radius 3 is 3.00 bits per heavy atom. The van der Waals surface area contributed by atoms with Crippen LogP contribution < -0.4 is 4.74 Å². The summed E-state index contributed by atoms with van der Waals surface area (Å²) in [6.07, 6.45) is 5.80. The van der Waals surface area contributed by atoms with Crippen molar-refractivity contribution in [2.24, 2.45) is 17.3 Å². The van der Waals surface area contributed by atoms with E-state index in [4.69, 9.17) is 9.84 Å². The van der Waals surface area contributed by atoms with E-state index in [2.05, 4.69) is 19.9 Å². The zero-order chi connectivity index (χ0) is 14.3. The summed E-state index contributed by atoms with van der Waals surface area (Å²) in [5.74, 6) is 1.15. The molecule has 4 rings (SSSR count). The van der Waals surface area contributed by atoms with E-state index in [1.165, 1.54) is 29.8 Å². The highest BCUT2D eigenvalue weighted by molar-refractivity contribution is 7.12. The van der Waals surface area contributed by atoms with Crippen molar-refractivity contribution in [3.05, 3.63) is 28.0 Å². The summed E-state index contributed by atoms with van der Waals surface area (Å²) in [7, 11) is 0. The van der Waals surface area contributed by atoms with Gasteiger partial charge in [0.2, 0.25) is 0 Å². The van der Waals surface area contributed by atoms with E-state index >= 15 is 0 Å². The van der Waals surface area contributed by atoms with Crippen molar-refractivity contribution in [2.45, 2.75) is 33.1 Å². The van der Waals surface area contributed by atoms with Gasteiger partial charge in [0, 0.05) is 6.42 Å². The van der Waals surface area contributed by atoms with Gasteiger partial charge in [-0.3, -0.25) is 0 Å². The van der Waals surface area contributed by atoms with Crippen LogP contribution in [0.1, 0.15) is 42.8 Å². The maximum atomic E-state index is 11.0. The molecule has 1 N–H and O–H groups in total. The van der Waals surface area contributed by atoms with Crippen LogP contribution >= 0.6 is 11.3 Å². The van der Waals surface area contributed by atoms with E-state index in [0.717, 1.165) is 12.3 Å². The molecule has 4 heteroatoms. The number of hydrogen-bond acceptors (Lipinski definition) is 3. The summed E-state index contributed by atoms with van der Waals surface area (Å²) in [5.41, 5.74) is 1.95. The average Bonchev–Trinajstić information content (AvgIpc) is 2.87. The summed E-state index contributed by atoms with van der Waals surface area (Å²) in [6, 6.07) is 1.74. The smallest absolute Gasteiger partial charge is 0.349 e. The maximum Gasteiger partial charge on any atom is 0.349 e. The zero-order valence-electron chi connectivity index (χ0n) is 11.9. The molecule has 0 saturated heterocycles. The Bertz CT molecular complexity index is 556. The molecule has 0 radical (unpaired) electrons. The largest absolute Gasteiger partial charge is 0.491 e. The molecule has 0 aromatic carbocycles. The fourth-order valence-corrected chi connectivity index (χ4v) is 4.27. The predicted molar refractivity (Wildman–Crippen MR) is 79.5 cm³/mol. The quantitative estimate of drug-likeness (QED) is 0.827. The maximum absolute atomic E-state index is 11.0. The van der Waals surface area contributed by atoms with Crippen molar-refractivity contribution in [1.29, 1.82) is 0 Å². The van der Waals surface area contributed by atoms with Crippen LogP contribution in [0.5, 0.6) is 5.75 Å². The van der Waals surface area contributed by atoms with Crippen molar-refractivity contribution in [3.63, 3.8) is 0 Å². The lowest BCUT2D eigenvalue weighted by atomic mass is 9.48. The van der Waals surface area contributed by atoms with Gasteiger partial charge in [0.15, 0.2) is 4.88 Å². The second kappa shape index (κ2) is 4.92. The van der Waals surface area contributed by atoms with Gasteiger partial charge >= 0.3 is 5.97 Å². The summed E-state index contributed by atoms with van der Waals surface area (Å²) in [5, 5.41) is 10.8. The zero-order valence-corrected chi connectivity index (χ0v) is 12.7. The van der Waals surface area contributed by atoms with Crippen LogP contribution in [0.4, 0.5) is 0 Å². The van der Waals surface area contributed by atoms with Crippen LogP contribution in [-0.2, 0) is 0 Å². The Kier molecular flexibility index (Phi) is 3.36. The third-order valence-electron chi connectivity index (χ3n) is 5.05. The highest BCUT2D eigenvalue weighted by atomic mass is 32.1. The molecule has 1 fully saturated rings. The van der Waals surface area contributed by atoms with Gasteiger partial charge in [0.05, 0.1) is 6.61 Å². The monoisotopic (exact) mass is 292 g/mol. The van der Waals surface area contributed by atoms with Gasteiger partial charge in [-0.05, 0) is 41.5 Å². The normalized spacial score (nSPS) is 26.6. The number of rotatable bonds is 5. The van der Waals surface area contributed by atoms with Crippen molar-refractivity contribution in [2.75, 3.05) is 6.61 Å². The lowest BCUT2D eigenvalue weighted by molar-refractivity contribution is -0.00917. The number of hydrogen-bond donors (Lipinski definition) is 1. The van der Waals surface area contributed by atoms with Gasteiger partial charge < -0.3 is 9.84 Å². The Morgan fingerprint density at radius 1 is 1.55 bits per heavy atom. The number of carboxylic acids is 1. The van der Waals surface area contributed by atoms with Crippen molar-refractivity contribution >= 4 is 17.3 Å². The van der Waals surface area contributed by atoms with E-state index in [1.54, 1.807) is 11.4 Å². The van der Waals surface area contributed by atoms with E-state index in [9.17, 15) is 4.79 Å². The minimum absolute atomic E-state index is 0.298. The molecule has 3 aliphatic rings. The summed E-state index contributed by atoms with van der Waals surface area (Å²) in [4.78, 5) is 11.3. The van der Waals surface area contributed by atoms with E-state index in [1.807, 2.05) is 0 Å². The minimum atomic E-state index is -0.908. The first-order valence-electron chi connectivity index (χ1n) is 7.12. The molecule has 20 heavy (non-hydrogen) atoms. The lowest BCUT2D eigenvalue weighted by Gasteiger charge is -2.56. The summed E-state index contributed by atoms with van der Waals surface area (Å²) >= 11 is 1.21. The molecule has 0 spiro atoms. The highest BCUT2D eigenvalue weighted by Gasteiger charge is 2.50. The second-order valence-corrected chi connectivity index (χ2v) is 7.26. The second-order valence-electron chi connectivity index (χ2n) is 6.34. The van der Waals surface area contributed by atoms with Crippen LogP contribution in [0, 0.1) is 17.3 Å². The fourth-order valence-electron chi connectivity index (χ4n) is 3.60. The lowest BCUT2D eigenvalue weighted by Crippen LogP contribution is -2.48. The number of carbonyl (C=O) groups is 1. The van der Waals surface area contributed by atoms with E-state index in [-0.39, 0.29) is 0 Å². The first kappa shape index (κ1) is 13.7. The molecule has 0 amide bonds. The summed E-state index contributed by atoms with van der Waals surface area (Å²) < 4.78 is 5.66. The third kappa shape index (κ3) is 2.16. The number of allylic oxidation sites excluding steroid dienone is 1. The van der Waals surface area contributed by atoms with Gasteiger partial charge in [-0.2, -0.15) is 0 Å². The van der Waals surface area contributed by atoms with Crippen molar-refractivity contribution in [1.82, 2.24) is 0 Å². The third-order valence-corrected chi connectivity index (χ3v) is 5.94. The number of fused-ring (bicyclic) bond motifs is 1. The molecule has 2 bridgehead atoms. The first-order valence-corrected chi connectivity index (χ1v) is 8.00. The van der Waals surface area contributed by atoms with Crippen molar-refractivity contribution < 1.29 is 14.6 Å². The minimum Gasteiger partial charge on any atom is -0.491 e. The van der Waals surface area contributed by atoms with Gasteiger partial charge in [-0.25, -0.2) is 4.79 Å². The molecule has 0 aliphatic heterocycles. The summed E-state index contributed by atoms with van der Waals surface area (Å²) in [6.45, 7) is 5.29. The van der Waals surface area contributed by atoms with Crippen LogP contribution in [-0.4, -0.2) is 17.7 Å². The Balaban J connectivity index is 1.57. The SMILES string of the molecule is CC1(C)C2CC=C(CCOc3ccsc3C(=O)O)C1C2. The highest BCUT2D eigenvalue weighted by Crippen LogP contribution is 2.59. The Labute approximate surface area is 123 Å². The van der Waals surface area contributed by atoms with Gasteiger partial charge in [0.25, 0.3) is 0 Å². The average molecular weight is 292 g/mol. The van der Waals surface area contributed by atoms with Gasteiger partial charge in [-0.15, -0.1) is 11.3 Å². The number of thiophene rings is 1. The first-order chi connectivity index (χ1) is 9.50. The molecule has 2 unspecified atom stereocenters. The molecule has 108 valence electrons. The fraction of sp³-hybridized carbons (Fsp3) is 0.562. The molecule has 3 aliphatic carbocycles. The number of carboxylic acid groups (broad SMARTS) is 1.